The van der Waals surface area contributed by atoms with Crippen LogP contribution in [-0.2, 0) is 21.3 Å². The molecule has 1 aromatic heterocycles. The Balaban J connectivity index is 2.33. The average molecular weight is 285 g/mol. The Kier molecular flexibility index (Phi) is 3.91. The number of nitrogens with zero attached hydrogens (tertiary/aromatic N) is 1. The van der Waals surface area contributed by atoms with Gasteiger partial charge in [0.05, 0.1) is 17.3 Å². The van der Waals surface area contributed by atoms with Gasteiger partial charge in [-0.2, -0.15) is 0 Å². The Morgan fingerprint density at radius 1 is 1.63 bits per heavy atom. The van der Waals surface area contributed by atoms with E-state index < -0.39 is 15.6 Å². The zero-order chi connectivity index (χ0) is 14.1. The van der Waals surface area contributed by atoms with Crippen LogP contribution in [0, 0.1) is 0 Å². The van der Waals surface area contributed by atoms with E-state index >= 15 is 0 Å². The smallest absolute Gasteiger partial charge is 0.243 e. The molecule has 1 aliphatic rings. The summed E-state index contributed by atoms with van der Waals surface area (Å²) in [7, 11) is -3.65. The zero-order valence-electron chi connectivity index (χ0n) is 11.1. The lowest BCUT2D eigenvalue weighted by Gasteiger charge is -2.28. The molecule has 0 saturated carbocycles. The SMILES string of the molecule is CC1OCCC1(C)NS(=O)(=O)c1cccnc1CN. The summed E-state index contributed by atoms with van der Waals surface area (Å²) in [5.74, 6) is 0. The first-order valence-electron chi connectivity index (χ1n) is 6.18. The molecule has 6 nitrogen and oxygen atoms in total. The number of hydrogen-bond donors (Lipinski definition) is 2. The Bertz CT molecular complexity index is 561. The van der Waals surface area contributed by atoms with Gasteiger partial charge in [-0.05, 0) is 32.4 Å². The van der Waals surface area contributed by atoms with Gasteiger partial charge in [0, 0.05) is 19.3 Å². The van der Waals surface area contributed by atoms with Crippen molar-refractivity contribution in [3.63, 3.8) is 0 Å². The van der Waals surface area contributed by atoms with Crippen LogP contribution >= 0.6 is 0 Å². The minimum absolute atomic E-state index is 0.0832. The van der Waals surface area contributed by atoms with E-state index in [9.17, 15) is 8.42 Å². The lowest BCUT2D eigenvalue weighted by atomic mass is 9.97. The minimum Gasteiger partial charge on any atom is -0.376 e. The Labute approximate surface area is 113 Å². The monoisotopic (exact) mass is 285 g/mol. The third-order valence-electron chi connectivity index (χ3n) is 3.59. The van der Waals surface area contributed by atoms with Crippen molar-refractivity contribution < 1.29 is 13.2 Å². The summed E-state index contributed by atoms with van der Waals surface area (Å²) in [5.41, 5.74) is 5.31. The summed E-state index contributed by atoms with van der Waals surface area (Å²) in [4.78, 5) is 4.14. The molecule has 0 bridgehead atoms. The maximum absolute atomic E-state index is 12.5. The number of hydrogen-bond acceptors (Lipinski definition) is 5. The van der Waals surface area contributed by atoms with E-state index in [4.69, 9.17) is 10.5 Å². The largest absolute Gasteiger partial charge is 0.376 e. The van der Waals surface area contributed by atoms with Gasteiger partial charge < -0.3 is 10.5 Å². The molecular formula is C12H19N3O3S. The van der Waals surface area contributed by atoms with Crippen LogP contribution in [0.4, 0.5) is 0 Å². The summed E-state index contributed by atoms with van der Waals surface area (Å²) in [6.07, 6.45) is 2.01. The second kappa shape index (κ2) is 5.16. The van der Waals surface area contributed by atoms with E-state index in [2.05, 4.69) is 9.71 Å². The molecule has 0 aromatic carbocycles. The molecule has 2 heterocycles. The van der Waals surface area contributed by atoms with Gasteiger partial charge in [-0.1, -0.05) is 0 Å². The molecule has 0 amide bonds. The third-order valence-corrected chi connectivity index (χ3v) is 5.27. The fourth-order valence-corrected chi connectivity index (χ4v) is 3.85. The number of aromatic nitrogens is 1. The van der Waals surface area contributed by atoms with Crippen molar-refractivity contribution in [3.05, 3.63) is 24.0 Å². The molecule has 1 aromatic rings. The number of ether oxygens (including phenoxy) is 1. The molecule has 106 valence electrons. The highest BCUT2D eigenvalue weighted by Gasteiger charge is 2.41. The van der Waals surface area contributed by atoms with Crippen molar-refractivity contribution in [1.29, 1.82) is 0 Å². The second-order valence-electron chi connectivity index (χ2n) is 4.94. The first kappa shape index (κ1) is 14.4. The van der Waals surface area contributed by atoms with Crippen LogP contribution in [-0.4, -0.2) is 31.7 Å². The van der Waals surface area contributed by atoms with E-state index in [1.807, 2.05) is 13.8 Å². The molecule has 3 N–H and O–H groups in total. The summed E-state index contributed by atoms with van der Waals surface area (Å²) < 4.78 is 33.1. The van der Waals surface area contributed by atoms with Crippen molar-refractivity contribution in [2.45, 2.75) is 43.4 Å². The van der Waals surface area contributed by atoms with Gasteiger partial charge in [0.1, 0.15) is 4.90 Å². The van der Waals surface area contributed by atoms with Crippen LogP contribution in [0.2, 0.25) is 0 Å². The Morgan fingerprint density at radius 2 is 2.37 bits per heavy atom. The Hall–Kier alpha value is -1.02. The lowest BCUT2D eigenvalue weighted by Crippen LogP contribution is -2.50. The van der Waals surface area contributed by atoms with Gasteiger partial charge in [0.25, 0.3) is 0 Å². The summed E-state index contributed by atoms with van der Waals surface area (Å²) in [6.45, 7) is 4.35. The molecule has 1 saturated heterocycles. The van der Waals surface area contributed by atoms with Gasteiger partial charge in [-0.15, -0.1) is 0 Å². The van der Waals surface area contributed by atoms with E-state index in [0.29, 0.717) is 18.7 Å². The quantitative estimate of drug-likeness (QED) is 0.834. The molecule has 19 heavy (non-hydrogen) atoms. The van der Waals surface area contributed by atoms with E-state index in [-0.39, 0.29) is 17.5 Å². The number of rotatable bonds is 4. The van der Waals surface area contributed by atoms with Crippen LogP contribution in [0.3, 0.4) is 0 Å². The van der Waals surface area contributed by atoms with Crippen molar-refractivity contribution in [2.75, 3.05) is 6.61 Å². The fraction of sp³-hybridized carbons (Fsp3) is 0.583. The topological polar surface area (TPSA) is 94.3 Å². The molecule has 0 aliphatic carbocycles. The first-order valence-corrected chi connectivity index (χ1v) is 7.67. The normalized spacial score (nSPS) is 27.6. The fourth-order valence-electron chi connectivity index (χ4n) is 2.15. The molecule has 2 atom stereocenters. The van der Waals surface area contributed by atoms with Crippen molar-refractivity contribution in [3.8, 4) is 0 Å². The average Bonchev–Trinajstić information content (AvgIpc) is 2.68. The van der Waals surface area contributed by atoms with Gasteiger partial charge >= 0.3 is 0 Å². The summed E-state index contributed by atoms with van der Waals surface area (Å²) in [6, 6.07) is 3.10. The highest BCUT2D eigenvalue weighted by atomic mass is 32.2. The lowest BCUT2D eigenvalue weighted by molar-refractivity contribution is 0.0957. The number of pyridine rings is 1. The molecular weight excluding hydrogens is 266 g/mol. The molecule has 2 unspecified atom stereocenters. The third kappa shape index (κ3) is 2.79. The van der Waals surface area contributed by atoms with Gasteiger partial charge in [-0.3, -0.25) is 4.98 Å². The second-order valence-corrected chi connectivity index (χ2v) is 6.59. The number of nitrogens with two attached hydrogens (primary N) is 1. The van der Waals surface area contributed by atoms with Crippen LogP contribution < -0.4 is 10.5 Å². The van der Waals surface area contributed by atoms with E-state index in [0.717, 1.165) is 0 Å². The van der Waals surface area contributed by atoms with Crippen LogP contribution in [0.1, 0.15) is 26.0 Å². The Morgan fingerprint density at radius 3 is 2.95 bits per heavy atom. The predicted octanol–water partition coefficient (Wildman–Crippen LogP) is 0.386. The predicted molar refractivity (Wildman–Crippen MR) is 70.9 cm³/mol. The highest BCUT2D eigenvalue weighted by Crippen LogP contribution is 2.27. The van der Waals surface area contributed by atoms with Crippen molar-refractivity contribution in [2.24, 2.45) is 5.73 Å². The van der Waals surface area contributed by atoms with Crippen molar-refractivity contribution >= 4 is 10.0 Å². The highest BCUT2D eigenvalue weighted by molar-refractivity contribution is 7.89. The van der Waals surface area contributed by atoms with Crippen molar-refractivity contribution in [1.82, 2.24) is 9.71 Å². The van der Waals surface area contributed by atoms with E-state index in [1.54, 1.807) is 6.07 Å². The molecule has 0 radical (unpaired) electrons. The van der Waals surface area contributed by atoms with Gasteiger partial charge in [0.2, 0.25) is 10.0 Å². The van der Waals surface area contributed by atoms with Gasteiger partial charge in [0.15, 0.2) is 0 Å². The molecule has 0 spiro atoms. The minimum atomic E-state index is -3.65. The maximum Gasteiger partial charge on any atom is 0.243 e. The maximum atomic E-state index is 12.5. The summed E-state index contributed by atoms with van der Waals surface area (Å²) >= 11 is 0. The van der Waals surface area contributed by atoms with Crippen LogP contribution in [0.15, 0.2) is 23.2 Å². The number of nitrogens with one attached hydrogen (secondary N) is 1. The first-order chi connectivity index (χ1) is 8.89. The van der Waals surface area contributed by atoms with Crippen LogP contribution in [0.25, 0.3) is 0 Å². The van der Waals surface area contributed by atoms with Crippen LogP contribution in [0.5, 0.6) is 0 Å². The van der Waals surface area contributed by atoms with E-state index in [1.165, 1.54) is 12.3 Å². The molecule has 1 fully saturated rings. The number of sulfonamides is 1. The standard InChI is InChI=1S/C12H19N3O3S/c1-9-12(2,5-7-18-9)15-19(16,17)11-4-3-6-14-10(11)8-13/h3-4,6,9,15H,5,7-8,13H2,1-2H3. The molecule has 1 aliphatic heterocycles. The zero-order valence-corrected chi connectivity index (χ0v) is 11.9. The summed E-state index contributed by atoms with van der Waals surface area (Å²) in [5, 5.41) is 0. The molecule has 2 rings (SSSR count). The molecule has 7 heteroatoms. The van der Waals surface area contributed by atoms with Gasteiger partial charge in [-0.25, -0.2) is 13.1 Å².